The van der Waals surface area contributed by atoms with Crippen LogP contribution in [0.3, 0.4) is 0 Å². The number of allylic oxidation sites excluding steroid dienone is 1. The third kappa shape index (κ3) is 4.40. The Morgan fingerprint density at radius 1 is 1.10 bits per heavy atom. The SMILES string of the molecule is COc1ccc([C@@H]2C3=C(N=c4s/c(=C\c5ccc(-c6ccc(Cl)c(C(=O)O)c6)o5)c(=O)n42)c2ccccc2CC3)cc1. The van der Waals surface area contributed by atoms with Gasteiger partial charge in [0, 0.05) is 17.2 Å². The zero-order valence-corrected chi connectivity index (χ0v) is 23.9. The zero-order chi connectivity index (χ0) is 29.0. The lowest BCUT2D eigenvalue weighted by molar-refractivity contribution is 0.0697. The van der Waals surface area contributed by atoms with E-state index in [9.17, 15) is 14.7 Å². The summed E-state index contributed by atoms with van der Waals surface area (Å²) in [6, 6.07) is 24.1. The van der Waals surface area contributed by atoms with E-state index in [1.165, 1.54) is 29.0 Å². The van der Waals surface area contributed by atoms with Crippen LogP contribution in [0.1, 0.15) is 45.3 Å². The average molecular weight is 595 g/mol. The van der Waals surface area contributed by atoms with Crippen molar-refractivity contribution in [1.29, 1.82) is 0 Å². The molecular weight excluding hydrogens is 572 g/mol. The summed E-state index contributed by atoms with van der Waals surface area (Å²) in [5.74, 6) is 0.569. The molecule has 42 heavy (non-hydrogen) atoms. The number of hydrogen-bond acceptors (Lipinski definition) is 6. The lowest BCUT2D eigenvalue weighted by atomic mass is 9.83. The first-order chi connectivity index (χ1) is 20.4. The van der Waals surface area contributed by atoms with Gasteiger partial charge in [0.25, 0.3) is 5.56 Å². The van der Waals surface area contributed by atoms with Gasteiger partial charge in [-0.3, -0.25) is 9.36 Å². The lowest BCUT2D eigenvalue weighted by Gasteiger charge is -2.30. The van der Waals surface area contributed by atoms with E-state index in [1.807, 2.05) is 36.4 Å². The molecule has 0 amide bonds. The van der Waals surface area contributed by atoms with Crippen LogP contribution in [0, 0.1) is 0 Å². The molecule has 5 aromatic rings. The first-order valence-corrected chi connectivity index (χ1v) is 14.5. The maximum absolute atomic E-state index is 14.0. The van der Waals surface area contributed by atoms with Crippen LogP contribution in [0.15, 0.2) is 98.6 Å². The molecule has 7 rings (SSSR count). The van der Waals surface area contributed by atoms with Gasteiger partial charge in [0.05, 0.1) is 34.0 Å². The fraction of sp³-hybridized carbons (Fsp3) is 0.121. The van der Waals surface area contributed by atoms with Gasteiger partial charge in [-0.25, -0.2) is 9.79 Å². The van der Waals surface area contributed by atoms with Gasteiger partial charge in [-0.15, -0.1) is 0 Å². The maximum atomic E-state index is 14.0. The maximum Gasteiger partial charge on any atom is 0.337 e. The van der Waals surface area contributed by atoms with Gasteiger partial charge in [0.2, 0.25) is 0 Å². The summed E-state index contributed by atoms with van der Waals surface area (Å²) in [7, 11) is 1.63. The van der Waals surface area contributed by atoms with Gasteiger partial charge >= 0.3 is 5.97 Å². The smallest absolute Gasteiger partial charge is 0.337 e. The number of carboxylic acids is 1. The van der Waals surface area contributed by atoms with Crippen LogP contribution >= 0.6 is 22.9 Å². The number of furan rings is 1. The normalized spacial score (nSPS) is 16.0. The zero-order valence-electron chi connectivity index (χ0n) is 22.3. The minimum atomic E-state index is -1.12. The number of carboxylic acid groups (broad SMARTS) is 1. The van der Waals surface area contributed by atoms with Gasteiger partial charge in [-0.2, -0.15) is 0 Å². The molecule has 9 heteroatoms. The van der Waals surface area contributed by atoms with E-state index < -0.39 is 5.97 Å². The Balaban J connectivity index is 1.36. The molecule has 1 N–H and O–H groups in total. The summed E-state index contributed by atoms with van der Waals surface area (Å²) in [5, 5.41) is 9.58. The van der Waals surface area contributed by atoms with Crippen molar-refractivity contribution < 1.29 is 19.1 Å². The van der Waals surface area contributed by atoms with Gasteiger partial charge < -0.3 is 14.3 Å². The van der Waals surface area contributed by atoms with Crippen molar-refractivity contribution in [3.05, 3.63) is 137 Å². The molecule has 0 bridgehead atoms. The number of fused-ring (bicyclic) bond motifs is 3. The summed E-state index contributed by atoms with van der Waals surface area (Å²) in [4.78, 5) is 31.2. The van der Waals surface area contributed by atoms with Gasteiger partial charge in [-0.05, 0) is 72.0 Å². The predicted molar refractivity (Wildman–Crippen MR) is 162 cm³/mol. The molecular formula is C33H23ClN2O5S. The second-order valence-electron chi connectivity index (χ2n) is 10.1. The molecule has 2 aromatic heterocycles. The van der Waals surface area contributed by atoms with Crippen molar-refractivity contribution in [1.82, 2.24) is 4.57 Å². The number of benzene rings is 3. The van der Waals surface area contributed by atoms with Crippen LogP contribution in [-0.4, -0.2) is 22.8 Å². The molecule has 3 heterocycles. The predicted octanol–water partition coefficient (Wildman–Crippen LogP) is 5.94. The molecule has 0 unspecified atom stereocenters. The number of hydrogen-bond donors (Lipinski definition) is 1. The first kappa shape index (κ1) is 26.3. The lowest BCUT2D eigenvalue weighted by Crippen LogP contribution is -2.38. The van der Waals surface area contributed by atoms with Crippen LogP contribution in [0.25, 0.3) is 23.1 Å². The monoisotopic (exact) mass is 594 g/mol. The number of rotatable bonds is 5. The minimum absolute atomic E-state index is 0.00972. The summed E-state index contributed by atoms with van der Waals surface area (Å²) < 4.78 is 13.7. The molecule has 2 aliphatic rings. The number of carbonyl (C=O) groups is 1. The van der Waals surface area contributed by atoms with E-state index in [4.69, 9.17) is 25.7 Å². The Bertz CT molecular complexity index is 2100. The van der Waals surface area contributed by atoms with Crippen LogP contribution in [0.2, 0.25) is 5.02 Å². The van der Waals surface area contributed by atoms with Crippen molar-refractivity contribution in [3.63, 3.8) is 0 Å². The standard InChI is InChI=1S/C33H23ClN2O5S/c1-40-21-10-6-19(7-11-21)30-24-13-8-18-4-2-3-5-23(18)29(24)35-33-36(30)31(37)28(42-33)17-22-12-15-27(41-22)20-9-14-26(34)25(16-20)32(38)39/h2-7,9-12,14-17,30H,8,13H2,1H3,(H,38,39)/b28-17-/t30-/m1/s1. The number of aromatic nitrogens is 1. The highest BCUT2D eigenvalue weighted by Crippen LogP contribution is 2.41. The highest BCUT2D eigenvalue weighted by atomic mass is 35.5. The van der Waals surface area contributed by atoms with Crippen LogP contribution in [-0.2, 0) is 6.42 Å². The van der Waals surface area contributed by atoms with Crippen molar-refractivity contribution in [2.24, 2.45) is 4.99 Å². The topological polar surface area (TPSA) is 94.0 Å². The molecule has 1 aliphatic carbocycles. The van der Waals surface area contributed by atoms with E-state index in [0.717, 1.165) is 41.0 Å². The third-order valence-corrected chi connectivity index (χ3v) is 9.00. The number of thiazole rings is 1. The highest BCUT2D eigenvalue weighted by Gasteiger charge is 2.32. The van der Waals surface area contributed by atoms with E-state index in [2.05, 4.69) is 12.1 Å². The van der Waals surface area contributed by atoms with E-state index in [-0.39, 0.29) is 22.2 Å². The Kier molecular flexibility index (Phi) is 6.45. The van der Waals surface area contributed by atoms with Gasteiger partial charge in [0.1, 0.15) is 17.3 Å². The number of aromatic carboxylic acids is 1. The number of halogens is 1. The quantitative estimate of drug-likeness (QED) is 0.272. The molecule has 0 saturated carbocycles. The minimum Gasteiger partial charge on any atom is -0.497 e. The van der Waals surface area contributed by atoms with Crippen molar-refractivity contribution >= 4 is 40.7 Å². The summed E-state index contributed by atoms with van der Waals surface area (Å²) in [5.41, 5.74) is 5.81. The van der Waals surface area contributed by atoms with Crippen molar-refractivity contribution in [2.75, 3.05) is 7.11 Å². The van der Waals surface area contributed by atoms with Crippen molar-refractivity contribution in [3.8, 4) is 17.1 Å². The van der Waals surface area contributed by atoms with Crippen LogP contribution < -0.4 is 19.6 Å². The van der Waals surface area contributed by atoms with E-state index in [1.54, 1.807) is 36.0 Å². The summed E-state index contributed by atoms with van der Waals surface area (Å²) >= 11 is 7.35. The van der Waals surface area contributed by atoms with Crippen molar-refractivity contribution in [2.45, 2.75) is 18.9 Å². The third-order valence-electron chi connectivity index (χ3n) is 7.69. The molecule has 7 nitrogen and oxygen atoms in total. The van der Waals surface area contributed by atoms with Gasteiger partial charge in [0.15, 0.2) is 4.80 Å². The largest absolute Gasteiger partial charge is 0.497 e. The second kappa shape index (κ2) is 10.3. The van der Waals surface area contributed by atoms with Gasteiger partial charge in [-0.1, -0.05) is 59.3 Å². The van der Waals surface area contributed by atoms with E-state index >= 15 is 0 Å². The number of methoxy groups -OCH3 is 1. The molecule has 0 spiro atoms. The van der Waals surface area contributed by atoms with Crippen LogP contribution in [0.5, 0.6) is 5.75 Å². The molecule has 0 radical (unpaired) electrons. The molecule has 0 saturated heterocycles. The first-order valence-electron chi connectivity index (χ1n) is 13.3. The fourth-order valence-corrected chi connectivity index (χ4v) is 6.85. The Labute approximate surface area is 248 Å². The Hall–Kier alpha value is -4.66. The number of aryl methyl sites for hydroxylation is 1. The molecule has 3 aromatic carbocycles. The molecule has 1 aliphatic heterocycles. The Morgan fingerprint density at radius 3 is 2.69 bits per heavy atom. The fourth-order valence-electron chi connectivity index (χ4n) is 5.67. The Morgan fingerprint density at radius 2 is 1.90 bits per heavy atom. The number of ether oxygens (including phenoxy) is 1. The summed E-state index contributed by atoms with van der Waals surface area (Å²) in [6.45, 7) is 0. The average Bonchev–Trinajstić information content (AvgIpc) is 3.60. The highest BCUT2D eigenvalue weighted by molar-refractivity contribution is 7.07. The number of nitrogens with zero attached hydrogens (tertiary/aromatic N) is 2. The second-order valence-corrected chi connectivity index (χ2v) is 11.5. The molecule has 0 fully saturated rings. The van der Waals surface area contributed by atoms with E-state index in [0.29, 0.717) is 26.4 Å². The molecule has 208 valence electrons. The summed E-state index contributed by atoms with van der Waals surface area (Å²) in [6.07, 6.45) is 3.39. The van der Waals surface area contributed by atoms with Crippen LogP contribution in [0.4, 0.5) is 0 Å². The molecule has 1 atom stereocenters.